The van der Waals surface area contributed by atoms with Crippen LogP contribution in [0.3, 0.4) is 0 Å². The largest absolute Gasteiger partial charge is 0.325 e. The first kappa shape index (κ1) is 14.0. The van der Waals surface area contributed by atoms with Crippen molar-refractivity contribution in [3.63, 3.8) is 0 Å². The lowest BCUT2D eigenvalue weighted by Gasteiger charge is -2.22. The van der Waals surface area contributed by atoms with E-state index >= 15 is 0 Å². The maximum absolute atomic E-state index is 11.9. The predicted octanol–water partition coefficient (Wildman–Crippen LogP) is 0.415. The Kier molecular flexibility index (Phi) is 4.18. The average Bonchev–Trinajstić information content (AvgIpc) is 2.39. The molecule has 6 nitrogen and oxygen atoms in total. The standard InChI is InChI=1S/C12H17N3O3S/c13-19(17,18)10-6-4-9(5-7-10)15-12(16)11-3-1-2-8-14-11/h4-7,11,14H,1-3,8H2,(H,15,16)(H2,13,17,18). The first-order valence-electron chi connectivity index (χ1n) is 6.14. The van der Waals surface area contributed by atoms with Gasteiger partial charge in [-0.25, -0.2) is 13.6 Å². The minimum Gasteiger partial charge on any atom is -0.325 e. The van der Waals surface area contributed by atoms with Gasteiger partial charge in [0.15, 0.2) is 0 Å². The van der Waals surface area contributed by atoms with Crippen LogP contribution < -0.4 is 15.8 Å². The molecule has 0 bridgehead atoms. The zero-order valence-corrected chi connectivity index (χ0v) is 11.2. The Balaban J connectivity index is 2.01. The van der Waals surface area contributed by atoms with Crippen molar-refractivity contribution in [2.75, 3.05) is 11.9 Å². The molecule has 1 saturated heterocycles. The average molecular weight is 283 g/mol. The Morgan fingerprint density at radius 2 is 1.95 bits per heavy atom. The highest BCUT2D eigenvalue weighted by Gasteiger charge is 2.20. The highest BCUT2D eigenvalue weighted by atomic mass is 32.2. The van der Waals surface area contributed by atoms with Crippen LogP contribution in [0, 0.1) is 0 Å². The van der Waals surface area contributed by atoms with Gasteiger partial charge < -0.3 is 10.6 Å². The van der Waals surface area contributed by atoms with E-state index < -0.39 is 10.0 Å². The number of anilines is 1. The molecule has 2 rings (SSSR count). The molecule has 1 fully saturated rings. The number of carbonyl (C=O) groups is 1. The number of benzene rings is 1. The number of primary sulfonamides is 1. The molecule has 0 spiro atoms. The number of hydrogen-bond donors (Lipinski definition) is 3. The fourth-order valence-corrected chi connectivity index (χ4v) is 2.55. The van der Waals surface area contributed by atoms with E-state index in [4.69, 9.17) is 5.14 Å². The van der Waals surface area contributed by atoms with Crippen LogP contribution >= 0.6 is 0 Å². The molecule has 19 heavy (non-hydrogen) atoms. The Hall–Kier alpha value is -1.44. The van der Waals surface area contributed by atoms with E-state index in [1.54, 1.807) is 0 Å². The lowest BCUT2D eigenvalue weighted by Crippen LogP contribution is -2.43. The summed E-state index contributed by atoms with van der Waals surface area (Å²) in [6.45, 7) is 0.850. The summed E-state index contributed by atoms with van der Waals surface area (Å²) in [7, 11) is -3.69. The molecule has 1 unspecified atom stereocenters. The third kappa shape index (κ3) is 3.76. The summed E-state index contributed by atoms with van der Waals surface area (Å²) in [5.41, 5.74) is 0.560. The summed E-state index contributed by atoms with van der Waals surface area (Å²) < 4.78 is 22.2. The number of piperidine rings is 1. The quantitative estimate of drug-likeness (QED) is 0.748. The van der Waals surface area contributed by atoms with E-state index in [0.29, 0.717) is 5.69 Å². The maximum Gasteiger partial charge on any atom is 0.241 e. The first-order chi connectivity index (χ1) is 8.97. The monoisotopic (exact) mass is 283 g/mol. The normalized spacial score (nSPS) is 19.9. The van der Waals surface area contributed by atoms with Crippen LogP contribution in [0.2, 0.25) is 0 Å². The van der Waals surface area contributed by atoms with Crippen molar-refractivity contribution in [1.82, 2.24) is 5.32 Å². The Morgan fingerprint density at radius 1 is 1.26 bits per heavy atom. The molecule has 1 atom stereocenters. The Bertz CT molecular complexity index is 548. The van der Waals surface area contributed by atoms with Crippen molar-refractivity contribution in [1.29, 1.82) is 0 Å². The smallest absolute Gasteiger partial charge is 0.241 e. The van der Waals surface area contributed by atoms with Crippen LogP contribution in [-0.2, 0) is 14.8 Å². The van der Waals surface area contributed by atoms with E-state index in [2.05, 4.69) is 10.6 Å². The van der Waals surface area contributed by atoms with Gasteiger partial charge in [-0.2, -0.15) is 0 Å². The predicted molar refractivity (Wildman–Crippen MR) is 72.1 cm³/mol. The van der Waals surface area contributed by atoms with Crippen molar-refractivity contribution in [3.05, 3.63) is 24.3 Å². The van der Waals surface area contributed by atoms with Crippen LogP contribution in [-0.4, -0.2) is 26.9 Å². The lowest BCUT2D eigenvalue weighted by atomic mass is 10.0. The van der Waals surface area contributed by atoms with E-state index in [1.165, 1.54) is 24.3 Å². The second-order valence-corrected chi connectivity index (χ2v) is 6.12. The van der Waals surface area contributed by atoms with Gasteiger partial charge in [0.1, 0.15) is 0 Å². The fourth-order valence-electron chi connectivity index (χ4n) is 2.03. The summed E-state index contributed by atoms with van der Waals surface area (Å²) in [5, 5.41) is 10.9. The molecule has 1 amide bonds. The Morgan fingerprint density at radius 3 is 2.47 bits per heavy atom. The summed E-state index contributed by atoms with van der Waals surface area (Å²) in [4.78, 5) is 12.0. The molecule has 0 radical (unpaired) electrons. The van der Waals surface area contributed by atoms with Gasteiger partial charge in [-0.3, -0.25) is 4.79 Å². The number of rotatable bonds is 3. The maximum atomic E-state index is 11.9. The van der Waals surface area contributed by atoms with Crippen LogP contribution in [0.15, 0.2) is 29.2 Å². The molecule has 1 aromatic rings. The molecule has 1 aromatic carbocycles. The van der Waals surface area contributed by atoms with E-state index in [9.17, 15) is 13.2 Å². The summed E-state index contributed by atoms with van der Waals surface area (Å²) in [6, 6.07) is 5.63. The van der Waals surface area contributed by atoms with Crippen molar-refractivity contribution in [2.45, 2.75) is 30.2 Å². The highest BCUT2D eigenvalue weighted by Crippen LogP contribution is 2.14. The number of amides is 1. The van der Waals surface area contributed by atoms with Crippen molar-refractivity contribution in [2.24, 2.45) is 5.14 Å². The van der Waals surface area contributed by atoms with Crippen LogP contribution in [0.4, 0.5) is 5.69 Å². The number of nitrogens with one attached hydrogen (secondary N) is 2. The van der Waals surface area contributed by atoms with Gasteiger partial charge in [-0.05, 0) is 43.7 Å². The zero-order valence-electron chi connectivity index (χ0n) is 10.4. The number of hydrogen-bond acceptors (Lipinski definition) is 4. The molecule has 1 aliphatic heterocycles. The van der Waals surface area contributed by atoms with Crippen LogP contribution in [0.25, 0.3) is 0 Å². The summed E-state index contributed by atoms with van der Waals surface area (Å²) in [5.74, 6) is -0.0944. The lowest BCUT2D eigenvalue weighted by molar-refractivity contribution is -0.118. The topological polar surface area (TPSA) is 101 Å². The number of sulfonamides is 1. The van der Waals surface area contributed by atoms with Gasteiger partial charge >= 0.3 is 0 Å². The molecule has 0 aliphatic carbocycles. The SMILES string of the molecule is NS(=O)(=O)c1ccc(NC(=O)C2CCCCN2)cc1. The Labute approximate surface area is 112 Å². The molecule has 7 heteroatoms. The fraction of sp³-hybridized carbons (Fsp3) is 0.417. The van der Waals surface area contributed by atoms with E-state index in [-0.39, 0.29) is 16.8 Å². The van der Waals surface area contributed by atoms with Crippen LogP contribution in [0.1, 0.15) is 19.3 Å². The van der Waals surface area contributed by atoms with Gasteiger partial charge in [0.25, 0.3) is 0 Å². The molecular weight excluding hydrogens is 266 g/mol. The molecule has 0 saturated carbocycles. The summed E-state index contributed by atoms with van der Waals surface area (Å²) >= 11 is 0. The molecule has 1 heterocycles. The van der Waals surface area contributed by atoms with Crippen molar-refractivity contribution >= 4 is 21.6 Å². The summed E-state index contributed by atoms with van der Waals surface area (Å²) in [6.07, 6.45) is 2.95. The van der Waals surface area contributed by atoms with Crippen molar-refractivity contribution in [3.8, 4) is 0 Å². The van der Waals surface area contributed by atoms with Gasteiger partial charge in [0, 0.05) is 5.69 Å². The van der Waals surface area contributed by atoms with Gasteiger partial charge in [0.05, 0.1) is 10.9 Å². The van der Waals surface area contributed by atoms with Gasteiger partial charge in [0.2, 0.25) is 15.9 Å². The minimum absolute atomic E-state index is 0.0290. The molecule has 1 aliphatic rings. The van der Waals surface area contributed by atoms with E-state index in [0.717, 1.165) is 25.8 Å². The zero-order chi connectivity index (χ0) is 13.9. The van der Waals surface area contributed by atoms with Gasteiger partial charge in [-0.15, -0.1) is 0 Å². The third-order valence-electron chi connectivity index (χ3n) is 3.08. The first-order valence-corrected chi connectivity index (χ1v) is 7.68. The molecular formula is C12H17N3O3S. The minimum atomic E-state index is -3.69. The molecule has 0 aromatic heterocycles. The molecule has 104 valence electrons. The van der Waals surface area contributed by atoms with Crippen LogP contribution in [0.5, 0.6) is 0 Å². The third-order valence-corrected chi connectivity index (χ3v) is 4.01. The molecule has 4 N–H and O–H groups in total. The van der Waals surface area contributed by atoms with Gasteiger partial charge in [-0.1, -0.05) is 6.42 Å². The second kappa shape index (κ2) is 5.68. The highest BCUT2D eigenvalue weighted by molar-refractivity contribution is 7.89. The van der Waals surface area contributed by atoms with Crippen molar-refractivity contribution < 1.29 is 13.2 Å². The number of carbonyl (C=O) groups excluding carboxylic acids is 1. The second-order valence-electron chi connectivity index (χ2n) is 4.56. The van der Waals surface area contributed by atoms with E-state index in [1.807, 2.05) is 0 Å². The number of nitrogens with two attached hydrogens (primary N) is 1.